The van der Waals surface area contributed by atoms with Gasteiger partial charge in [0.2, 0.25) is 10.0 Å². The van der Waals surface area contributed by atoms with E-state index in [4.69, 9.17) is 4.74 Å². The van der Waals surface area contributed by atoms with Gasteiger partial charge in [-0.25, -0.2) is 17.5 Å². The van der Waals surface area contributed by atoms with Gasteiger partial charge in [0, 0.05) is 38.5 Å². The molecule has 1 fully saturated rings. The second kappa shape index (κ2) is 9.46. The summed E-state index contributed by atoms with van der Waals surface area (Å²) in [6, 6.07) is 12.6. The molecule has 2 aromatic rings. The van der Waals surface area contributed by atoms with Gasteiger partial charge in [-0.1, -0.05) is 18.2 Å². The van der Waals surface area contributed by atoms with Crippen LogP contribution in [0.2, 0.25) is 0 Å². The number of amides is 2. The van der Waals surface area contributed by atoms with Gasteiger partial charge in [-0.15, -0.1) is 0 Å². The van der Waals surface area contributed by atoms with Crippen LogP contribution in [-0.4, -0.2) is 62.1 Å². The SMILES string of the molecule is CN(C)S(=O)(=O)c1ccc(NC(=O)N(Cc2ccccc2O)CC2CCCO2)cc1. The molecule has 0 aliphatic carbocycles. The van der Waals surface area contributed by atoms with Crippen LogP contribution in [0.1, 0.15) is 18.4 Å². The number of benzene rings is 2. The summed E-state index contributed by atoms with van der Waals surface area (Å²) >= 11 is 0. The molecule has 1 unspecified atom stereocenters. The monoisotopic (exact) mass is 433 g/mol. The number of aromatic hydroxyl groups is 1. The number of nitrogens with one attached hydrogen (secondary N) is 1. The van der Waals surface area contributed by atoms with Gasteiger partial charge in [0.05, 0.1) is 17.5 Å². The van der Waals surface area contributed by atoms with E-state index in [1.54, 1.807) is 41.3 Å². The number of carbonyl (C=O) groups is 1. The van der Waals surface area contributed by atoms with E-state index >= 15 is 0 Å². The Kier molecular flexibility index (Phi) is 6.96. The van der Waals surface area contributed by atoms with Gasteiger partial charge in [-0.2, -0.15) is 0 Å². The molecule has 1 atom stereocenters. The van der Waals surface area contributed by atoms with E-state index in [9.17, 15) is 18.3 Å². The second-order valence-electron chi connectivity index (χ2n) is 7.39. The molecule has 2 aromatic carbocycles. The van der Waals surface area contributed by atoms with Crippen LogP contribution in [0, 0.1) is 0 Å². The van der Waals surface area contributed by atoms with E-state index in [1.807, 2.05) is 0 Å². The number of sulfonamides is 1. The maximum atomic E-state index is 13.0. The third-order valence-electron chi connectivity index (χ3n) is 4.97. The van der Waals surface area contributed by atoms with E-state index in [1.165, 1.54) is 26.2 Å². The highest BCUT2D eigenvalue weighted by Crippen LogP contribution is 2.22. The minimum atomic E-state index is -3.53. The number of para-hydroxylation sites is 1. The largest absolute Gasteiger partial charge is 0.508 e. The molecule has 2 amide bonds. The molecule has 0 radical (unpaired) electrons. The van der Waals surface area contributed by atoms with Crippen LogP contribution in [-0.2, 0) is 21.3 Å². The van der Waals surface area contributed by atoms with Gasteiger partial charge in [0.25, 0.3) is 0 Å². The van der Waals surface area contributed by atoms with Crippen LogP contribution in [0.25, 0.3) is 0 Å². The summed E-state index contributed by atoms with van der Waals surface area (Å²) in [6.45, 7) is 1.30. The molecule has 3 rings (SSSR count). The fourth-order valence-electron chi connectivity index (χ4n) is 3.23. The number of urea groups is 1. The Morgan fingerprint density at radius 1 is 1.17 bits per heavy atom. The fraction of sp³-hybridized carbons (Fsp3) is 0.381. The van der Waals surface area contributed by atoms with Crippen molar-refractivity contribution in [3.63, 3.8) is 0 Å². The number of nitrogens with zero attached hydrogens (tertiary/aromatic N) is 2. The van der Waals surface area contributed by atoms with Gasteiger partial charge in [-0.3, -0.25) is 0 Å². The summed E-state index contributed by atoms with van der Waals surface area (Å²) in [6.07, 6.45) is 1.79. The quantitative estimate of drug-likeness (QED) is 0.700. The molecule has 30 heavy (non-hydrogen) atoms. The Hall–Kier alpha value is -2.62. The number of phenols is 1. The van der Waals surface area contributed by atoms with Gasteiger partial charge in [0.1, 0.15) is 5.75 Å². The predicted molar refractivity (Wildman–Crippen MR) is 114 cm³/mol. The number of hydrogen-bond donors (Lipinski definition) is 2. The average molecular weight is 434 g/mol. The molecular formula is C21H27N3O5S. The Labute approximate surface area is 177 Å². The summed E-state index contributed by atoms with van der Waals surface area (Å²) in [5.41, 5.74) is 1.12. The Morgan fingerprint density at radius 3 is 2.47 bits per heavy atom. The Balaban J connectivity index is 1.74. The third-order valence-corrected chi connectivity index (χ3v) is 6.80. The normalized spacial score (nSPS) is 16.6. The van der Waals surface area contributed by atoms with Gasteiger partial charge >= 0.3 is 6.03 Å². The van der Waals surface area contributed by atoms with E-state index in [-0.39, 0.29) is 29.3 Å². The van der Waals surface area contributed by atoms with Crippen molar-refractivity contribution in [2.75, 3.05) is 32.6 Å². The molecule has 162 valence electrons. The first kappa shape index (κ1) is 22.1. The van der Waals surface area contributed by atoms with Crippen LogP contribution in [0.4, 0.5) is 10.5 Å². The summed E-state index contributed by atoms with van der Waals surface area (Å²) in [7, 11) is -0.603. The number of anilines is 1. The second-order valence-corrected chi connectivity index (χ2v) is 9.54. The van der Waals surface area contributed by atoms with Gasteiger partial charge < -0.3 is 20.1 Å². The minimum absolute atomic E-state index is 0.0470. The van der Waals surface area contributed by atoms with Gasteiger partial charge in [0.15, 0.2) is 0 Å². The minimum Gasteiger partial charge on any atom is -0.508 e. The van der Waals surface area contributed by atoms with E-state index < -0.39 is 10.0 Å². The molecule has 1 saturated heterocycles. The smallest absolute Gasteiger partial charge is 0.322 e. The number of ether oxygens (including phenoxy) is 1. The summed E-state index contributed by atoms with van der Waals surface area (Å²) in [4.78, 5) is 14.7. The third kappa shape index (κ3) is 5.29. The highest BCUT2D eigenvalue weighted by molar-refractivity contribution is 7.89. The van der Waals surface area contributed by atoms with E-state index in [0.717, 1.165) is 17.1 Å². The number of hydrogen-bond acceptors (Lipinski definition) is 5. The van der Waals surface area contributed by atoms with E-state index in [2.05, 4.69) is 5.32 Å². The summed E-state index contributed by atoms with van der Waals surface area (Å²) in [5.74, 6) is 0.126. The van der Waals surface area contributed by atoms with Crippen molar-refractivity contribution < 1.29 is 23.1 Å². The zero-order valence-corrected chi connectivity index (χ0v) is 17.9. The maximum Gasteiger partial charge on any atom is 0.322 e. The highest BCUT2D eigenvalue weighted by Gasteiger charge is 2.24. The lowest BCUT2D eigenvalue weighted by molar-refractivity contribution is 0.0817. The highest BCUT2D eigenvalue weighted by atomic mass is 32.2. The molecule has 0 saturated carbocycles. The summed E-state index contributed by atoms with van der Waals surface area (Å²) in [5, 5.41) is 12.9. The standard InChI is InChI=1S/C21H27N3O5S/c1-23(2)30(27,28)19-11-9-17(10-12-19)22-21(26)24(15-18-7-5-13-29-18)14-16-6-3-4-8-20(16)25/h3-4,6,8-12,18,25H,5,7,13-15H2,1-2H3,(H,22,26). The van der Waals surface area contributed by atoms with Crippen molar-refractivity contribution in [3.8, 4) is 5.75 Å². The van der Waals surface area contributed by atoms with Crippen LogP contribution in [0.5, 0.6) is 5.75 Å². The number of phenolic OH excluding ortho intramolecular Hbond substituents is 1. The van der Waals surface area contributed by atoms with Crippen LogP contribution in [0.3, 0.4) is 0 Å². The van der Waals surface area contributed by atoms with Crippen molar-refractivity contribution in [3.05, 3.63) is 54.1 Å². The molecule has 1 aliphatic rings. The molecule has 0 bridgehead atoms. The van der Waals surface area contributed by atoms with Crippen molar-refractivity contribution >= 4 is 21.7 Å². The maximum absolute atomic E-state index is 13.0. The molecule has 1 aliphatic heterocycles. The lowest BCUT2D eigenvalue weighted by atomic mass is 10.1. The zero-order valence-electron chi connectivity index (χ0n) is 17.1. The van der Waals surface area contributed by atoms with Crippen molar-refractivity contribution in [1.82, 2.24) is 9.21 Å². The molecule has 9 heteroatoms. The van der Waals surface area contributed by atoms with Crippen molar-refractivity contribution in [2.24, 2.45) is 0 Å². The first-order chi connectivity index (χ1) is 14.3. The Morgan fingerprint density at radius 2 is 1.87 bits per heavy atom. The molecule has 0 aromatic heterocycles. The van der Waals surface area contributed by atoms with Crippen molar-refractivity contribution in [2.45, 2.75) is 30.4 Å². The predicted octanol–water partition coefficient (Wildman–Crippen LogP) is 2.86. The van der Waals surface area contributed by atoms with Gasteiger partial charge in [-0.05, 0) is 43.2 Å². The van der Waals surface area contributed by atoms with Crippen LogP contribution >= 0.6 is 0 Å². The average Bonchev–Trinajstić information content (AvgIpc) is 3.22. The first-order valence-corrected chi connectivity index (χ1v) is 11.2. The number of carbonyl (C=O) groups excluding carboxylic acids is 1. The fourth-order valence-corrected chi connectivity index (χ4v) is 4.13. The van der Waals surface area contributed by atoms with E-state index in [0.29, 0.717) is 24.4 Å². The Bertz CT molecular complexity index is 970. The molecule has 2 N–H and O–H groups in total. The summed E-state index contributed by atoms with van der Waals surface area (Å²) < 4.78 is 31.2. The lowest BCUT2D eigenvalue weighted by Gasteiger charge is -2.26. The number of rotatable bonds is 7. The molecule has 1 heterocycles. The molecular weight excluding hydrogens is 406 g/mol. The molecule has 0 spiro atoms. The zero-order chi connectivity index (χ0) is 21.7. The topological polar surface area (TPSA) is 99.2 Å². The molecule has 8 nitrogen and oxygen atoms in total. The van der Waals surface area contributed by atoms with Crippen molar-refractivity contribution in [1.29, 1.82) is 0 Å². The lowest BCUT2D eigenvalue weighted by Crippen LogP contribution is -2.39. The van der Waals surface area contributed by atoms with Crippen LogP contribution < -0.4 is 5.32 Å². The van der Waals surface area contributed by atoms with Crippen LogP contribution in [0.15, 0.2) is 53.4 Å². The first-order valence-electron chi connectivity index (χ1n) is 9.74.